The second kappa shape index (κ2) is 4.31. The molecule has 0 aromatic heterocycles. The van der Waals surface area contributed by atoms with Crippen LogP contribution in [0.5, 0.6) is 0 Å². The SMILES string of the molecule is O=C1CCCN1CC(=O)N1C2CCCC1CC2. The van der Waals surface area contributed by atoms with Crippen LogP contribution in [0.25, 0.3) is 0 Å². The van der Waals surface area contributed by atoms with Crippen molar-refractivity contribution in [2.45, 2.75) is 57.0 Å². The molecule has 2 unspecified atom stereocenters. The second-order valence-corrected chi connectivity index (χ2v) is 5.54. The minimum Gasteiger partial charge on any atom is -0.335 e. The number of carbonyl (C=O) groups is 2. The van der Waals surface area contributed by atoms with Crippen LogP contribution in [0.4, 0.5) is 0 Å². The molecule has 0 radical (unpaired) electrons. The highest BCUT2D eigenvalue weighted by Crippen LogP contribution is 2.35. The second-order valence-electron chi connectivity index (χ2n) is 5.54. The van der Waals surface area contributed by atoms with Crippen LogP contribution in [-0.4, -0.2) is 46.8 Å². The van der Waals surface area contributed by atoms with E-state index in [9.17, 15) is 9.59 Å². The zero-order valence-corrected chi connectivity index (χ0v) is 10.2. The van der Waals surface area contributed by atoms with Crippen molar-refractivity contribution in [2.24, 2.45) is 0 Å². The van der Waals surface area contributed by atoms with E-state index in [0.29, 0.717) is 25.0 Å². The summed E-state index contributed by atoms with van der Waals surface area (Å²) in [5, 5.41) is 0. The molecule has 4 heteroatoms. The van der Waals surface area contributed by atoms with E-state index in [2.05, 4.69) is 4.90 Å². The standard InChI is InChI=1S/C13H20N2O2/c16-12-5-2-8-14(12)9-13(17)15-10-3-1-4-11(15)7-6-10/h10-11H,1-9H2. The smallest absolute Gasteiger partial charge is 0.242 e. The number of fused-ring (bicyclic) bond motifs is 2. The number of hydrogen-bond acceptors (Lipinski definition) is 2. The van der Waals surface area contributed by atoms with Crippen molar-refractivity contribution in [3.8, 4) is 0 Å². The Balaban J connectivity index is 1.64. The van der Waals surface area contributed by atoms with Crippen LogP contribution in [0, 0.1) is 0 Å². The van der Waals surface area contributed by atoms with Crippen molar-refractivity contribution >= 4 is 11.8 Å². The first-order valence-electron chi connectivity index (χ1n) is 6.84. The molecule has 4 nitrogen and oxygen atoms in total. The quantitative estimate of drug-likeness (QED) is 0.721. The number of rotatable bonds is 2. The van der Waals surface area contributed by atoms with E-state index < -0.39 is 0 Å². The lowest BCUT2D eigenvalue weighted by Gasteiger charge is -2.35. The van der Waals surface area contributed by atoms with Gasteiger partial charge in [0.15, 0.2) is 0 Å². The van der Waals surface area contributed by atoms with Crippen LogP contribution in [0.1, 0.15) is 44.9 Å². The minimum absolute atomic E-state index is 0.155. The van der Waals surface area contributed by atoms with Crippen molar-refractivity contribution in [2.75, 3.05) is 13.1 Å². The number of likely N-dealkylation sites (tertiary alicyclic amines) is 1. The van der Waals surface area contributed by atoms with Crippen molar-refractivity contribution in [1.29, 1.82) is 0 Å². The molecule has 3 aliphatic rings. The van der Waals surface area contributed by atoms with E-state index in [1.165, 1.54) is 19.3 Å². The third-order valence-corrected chi connectivity index (χ3v) is 4.48. The van der Waals surface area contributed by atoms with Gasteiger partial charge in [-0.3, -0.25) is 9.59 Å². The van der Waals surface area contributed by atoms with Gasteiger partial charge in [0.25, 0.3) is 0 Å². The summed E-state index contributed by atoms with van der Waals surface area (Å²) in [4.78, 5) is 27.6. The lowest BCUT2D eigenvalue weighted by atomic mass is 10.0. The topological polar surface area (TPSA) is 40.6 Å². The summed E-state index contributed by atoms with van der Waals surface area (Å²) in [5.41, 5.74) is 0. The molecule has 0 spiro atoms. The predicted molar refractivity (Wildman–Crippen MR) is 63.3 cm³/mol. The van der Waals surface area contributed by atoms with Gasteiger partial charge >= 0.3 is 0 Å². The Morgan fingerprint density at radius 3 is 2.41 bits per heavy atom. The molecule has 2 amide bonds. The summed E-state index contributed by atoms with van der Waals surface area (Å²) in [6, 6.07) is 0.943. The largest absolute Gasteiger partial charge is 0.335 e. The Morgan fingerprint density at radius 2 is 1.82 bits per heavy atom. The normalized spacial score (nSPS) is 32.4. The zero-order valence-electron chi connectivity index (χ0n) is 10.2. The van der Waals surface area contributed by atoms with Gasteiger partial charge in [0.2, 0.25) is 11.8 Å². The fourth-order valence-electron chi connectivity index (χ4n) is 3.64. The predicted octanol–water partition coefficient (Wildman–Crippen LogP) is 1.15. The van der Waals surface area contributed by atoms with Crippen molar-refractivity contribution in [3.05, 3.63) is 0 Å². The van der Waals surface area contributed by atoms with Crippen LogP contribution in [0.15, 0.2) is 0 Å². The van der Waals surface area contributed by atoms with Crippen LogP contribution < -0.4 is 0 Å². The molecule has 3 fully saturated rings. The van der Waals surface area contributed by atoms with E-state index in [-0.39, 0.29) is 11.8 Å². The zero-order chi connectivity index (χ0) is 11.8. The number of hydrogen-bond donors (Lipinski definition) is 0. The molecule has 3 aliphatic heterocycles. The Hall–Kier alpha value is -1.06. The number of nitrogens with zero attached hydrogens (tertiary/aromatic N) is 2. The number of amides is 2. The maximum Gasteiger partial charge on any atom is 0.242 e. The average molecular weight is 236 g/mol. The molecule has 3 saturated heterocycles. The summed E-state index contributed by atoms with van der Waals surface area (Å²) in [5.74, 6) is 0.343. The third kappa shape index (κ3) is 1.94. The molecule has 3 heterocycles. The Kier molecular flexibility index (Phi) is 2.81. The fraction of sp³-hybridized carbons (Fsp3) is 0.846. The van der Waals surface area contributed by atoms with Crippen LogP contribution >= 0.6 is 0 Å². The minimum atomic E-state index is 0.155. The highest BCUT2D eigenvalue weighted by atomic mass is 16.2. The van der Waals surface area contributed by atoms with Crippen molar-refractivity contribution in [3.63, 3.8) is 0 Å². The summed E-state index contributed by atoms with van der Waals surface area (Å²) in [7, 11) is 0. The van der Waals surface area contributed by atoms with Gasteiger partial charge < -0.3 is 9.80 Å². The van der Waals surface area contributed by atoms with Gasteiger partial charge in [-0.05, 0) is 38.5 Å². The Bertz CT molecular complexity index is 326. The first-order chi connectivity index (χ1) is 8.25. The lowest BCUT2D eigenvalue weighted by molar-refractivity contribution is -0.141. The van der Waals surface area contributed by atoms with E-state index >= 15 is 0 Å². The molecular weight excluding hydrogens is 216 g/mol. The van der Waals surface area contributed by atoms with E-state index in [4.69, 9.17) is 0 Å². The summed E-state index contributed by atoms with van der Waals surface area (Å²) in [6.45, 7) is 1.10. The molecule has 2 bridgehead atoms. The van der Waals surface area contributed by atoms with E-state index in [1.807, 2.05) is 0 Å². The van der Waals surface area contributed by atoms with E-state index in [1.54, 1.807) is 4.90 Å². The van der Waals surface area contributed by atoms with Crippen molar-refractivity contribution < 1.29 is 9.59 Å². The molecule has 94 valence electrons. The summed E-state index contributed by atoms with van der Waals surface area (Å²) < 4.78 is 0. The highest BCUT2D eigenvalue weighted by Gasteiger charge is 2.40. The van der Waals surface area contributed by atoms with Gasteiger partial charge in [-0.15, -0.1) is 0 Å². The summed E-state index contributed by atoms with van der Waals surface area (Å²) >= 11 is 0. The monoisotopic (exact) mass is 236 g/mol. The van der Waals surface area contributed by atoms with Gasteiger partial charge in [-0.2, -0.15) is 0 Å². The van der Waals surface area contributed by atoms with Crippen LogP contribution in [-0.2, 0) is 9.59 Å². The van der Waals surface area contributed by atoms with Gasteiger partial charge in [0.1, 0.15) is 0 Å². The van der Waals surface area contributed by atoms with Crippen LogP contribution in [0.2, 0.25) is 0 Å². The fourth-order valence-corrected chi connectivity index (χ4v) is 3.64. The molecule has 0 aliphatic carbocycles. The molecule has 0 N–H and O–H groups in total. The molecule has 0 aromatic rings. The van der Waals surface area contributed by atoms with Gasteiger partial charge in [-0.25, -0.2) is 0 Å². The summed E-state index contributed by atoms with van der Waals surface area (Å²) in [6.07, 6.45) is 7.47. The number of carbonyl (C=O) groups excluding carboxylic acids is 2. The highest BCUT2D eigenvalue weighted by molar-refractivity contribution is 5.86. The lowest BCUT2D eigenvalue weighted by Crippen LogP contribution is -2.48. The molecule has 0 aromatic carbocycles. The Morgan fingerprint density at radius 1 is 1.12 bits per heavy atom. The third-order valence-electron chi connectivity index (χ3n) is 4.48. The maximum atomic E-state index is 12.3. The van der Waals surface area contributed by atoms with Crippen molar-refractivity contribution in [1.82, 2.24) is 9.80 Å². The average Bonchev–Trinajstić information content (AvgIpc) is 2.81. The van der Waals surface area contributed by atoms with Gasteiger partial charge in [0, 0.05) is 25.0 Å². The molecule has 17 heavy (non-hydrogen) atoms. The Labute approximate surface area is 102 Å². The van der Waals surface area contributed by atoms with E-state index in [0.717, 1.165) is 25.8 Å². The molecule has 3 rings (SSSR count). The maximum absolute atomic E-state index is 12.3. The van der Waals surface area contributed by atoms with Gasteiger partial charge in [-0.1, -0.05) is 0 Å². The first kappa shape index (κ1) is 11.1. The van der Waals surface area contributed by atoms with Gasteiger partial charge in [0.05, 0.1) is 6.54 Å². The van der Waals surface area contributed by atoms with Crippen LogP contribution in [0.3, 0.4) is 0 Å². The molecular formula is C13H20N2O2. The molecule has 0 saturated carbocycles. The molecule has 2 atom stereocenters. The number of piperidine rings is 1. The first-order valence-corrected chi connectivity index (χ1v) is 6.84.